The average Bonchev–Trinajstić information content (AvgIpc) is 3.02. The highest BCUT2D eigenvalue weighted by atomic mass is 19.1. The van der Waals surface area contributed by atoms with Gasteiger partial charge in [0.05, 0.1) is 5.39 Å². The van der Waals surface area contributed by atoms with Crippen LogP contribution in [0.15, 0.2) is 36.4 Å². The molecule has 1 radical (unpaired) electrons. The Kier molecular flexibility index (Phi) is 3.76. The zero-order valence-corrected chi connectivity index (χ0v) is 12.7. The van der Waals surface area contributed by atoms with Gasteiger partial charge in [0.15, 0.2) is 17.2 Å². The van der Waals surface area contributed by atoms with Gasteiger partial charge in [-0.05, 0) is 30.3 Å². The van der Waals surface area contributed by atoms with Crippen molar-refractivity contribution >= 4 is 11.0 Å². The minimum atomic E-state index is -0.930. The molecule has 0 aliphatic carbocycles. The molecule has 0 aliphatic heterocycles. The van der Waals surface area contributed by atoms with Crippen LogP contribution in [0.1, 0.15) is 0 Å². The Morgan fingerprint density at radius 1 is 0.923 bits per heavy atom. The van der Waals surface area contributed by atoms with E-state index in [1.54, 1.807) is 0 Å². The number of hydrogen-bond acceptors (Lipinski definition) is 4. The Balaban J connectivity index is 1.72. The first-order valence-corrected chi connectivity index (χ1v) is 7.23. The van der Waals surface area contributed by atoms with E-state index in [1.165, 1.54) is 0 Å². The van der Waals surface area contributed by atoms with E-state index >= 15 is 0 Å². The number of halogens is 4. The summed E-state index contributed by atoms with van der Waals surface area (Å²) in [6.07, 6.45) is 2.55. The maximum absolute atomic E-state index is 13.9. The van der Waals surface area contributed by atoms with E-state index in [-0.39, 0.29) is 34.1 Å². The van der Waals surface area contributed by atoms with Gasteiger partial charge in [-0.25, -0.2) is 17.6 Å². The topological polar surface area (TPSA) is 63.7 Å². The highest BCUT2D eigenvalue weighted by Gasteiger charge is 2.16. The maximum Gasteiger partial charge on any atom is 0.324 e. The minimum absolute atomic E-state index is 0.0662. The molecule has 0 unspecified atom stereocenters. The van der Waals surface area contributed by atoms with Crippen molar-refractivity contribution in [2.75, 3.05) is 0 Å². The summed E-state index contributed by atoms with van der Waals surface area (Å²) in [6.45, 7) is 0. The lowest BCUT2D eigenvalue weighted by Gasteiger charge is -2.04. The summed E-state index contributed by atoms with van der Waals surface area (Å²) in [6, 6.07) is 5.41. The quantitative estimate of drug-likeness (QED) is 0.558. The SMILES string of the molecule is Fc1ccc(Oc2n[c]c3c(-c4cc(F)ccc4F)n[nH]c3n2)c(F)c1. The summed E-state index contributed by atoms with van der Waals surface area (Å²) in [4.78, 5) is 7.75. The van der Waals surface area contributed by atoms with Gasteiger partial charge in [0.25, 0.3) is 0 Å². The molecule has 0 saturated heterocycles. The Labute approximate surface area is 143 Å². The number of nitrogens with zero attached hydrogens (tertiary/aromatic N) is 3. The van der Waals surface area contributed by atoms with E-state index in [9.17, 15) is 17.6 Å². The first-order chi connectivity index (χ1) is 12.5. The number of rotatable bonds is 3. The zero-order chi connectivity index (χ0) is 18.3. The number of hydrogen-bond donors (Lipinski definition) is 1. The lowest BCUT2D eigenvalue weighted by molar-refractivity contribution is 0.409. The van der Waals surface area contributed by atoms with E-state index in [2.05, 4.69) is 26.4 Å². The van der Waals surface area contributed by atoms with Crippen LogP contribution in [0, 0.1) is 29.5 Å². The van der Waals surface area contributed by atoms with Gasteiger partial charge in [-0.2, -0.15) is 15.1 Å². The lowest BCUT2D eigenvalue weighted by Crippen LogP contribution is -1.95. The van der Waals surface area contributed by atoms with Crippen molar-refractivity contribution in [2.24, 2.45) is 0 Å². The second kappa shape index (κ2) is 6.10. The normalized spacial score (nSPS) is 11.1. The molecule has 1 N–H and O–H groups in total. The van der Waals surface area contributed by atoms with Gasteiger partial charge in [0, 0.05) is 11.6 Å². The molecule has 0 spiro atoms. The molecular formula is C17H7F4N4O. The smallest absolute Gasteiger partial charge is 0.324 e. The van der Waals surface area contributed by atoms with Crippen LogP contribution in [0.2, 0.25) is 0 Å². The van der Waals surface area contributed by atoms with Crippen molar-refractivity contribution in [3.8, 4) is 23.0 Å². The van der Waals surface area contributed by atoms with Gasteiger partial charge in [0.2, 0.25) is 0 Å². The second-order valence-corrected chi connectivity index (χ2v) is 5.21. The molecule has 26 heavy (non-hydrogen) atoms. The molecule has 0 bridgehead atoms. The summed E-state index contributed by atoms with van der Waals surface area (Å²) < 4.78 is 59.0. The fourth-order valence-corrected chi connectivity index (χ4v) is 2.32. The van der Waals surface area contributed by atoms with Crippen LogP contribution in [0.25, 0.3) is 22.3 Å². The third-order valence-corrected chi connectivity index (χ3v) is 3.50. The van der Waals surface area contributed by atoms with Crippen molar-refractivity contribution in [1.82, 2.24) is 20.2 Å². The summed E-state index contributed by atoms with van der Waals surface area (Å²) >= 11 is 0. The van der Waals surface area contributed by atoms with Crippen LogP contribution < -0.4 is 4.74 Å². The predicted octanol–water partition coefficient (Wildman–Crippen LogP) is 4.17. The first kappa shape index (κ1) is 16.0. The first-order valence-electron chi connectivity index (χ1n) is 7.23. The van der Waals surface area contributed by atoms with Crippen LogP contribution in [0.3, 0.4) is 0 Å². The van der Waals surface area contributed by atoms with Crippen molar-refractivity contribution in [3.63, 3.8) is 0 Å². The number of nitrogens with one attached hydrogen (secondary N) is 1. The van der Waals surface area contributed by atoms with Crippen LogP contribution in [0.5, 0.6) is 11.8 Å². The summed E-state index contributed by atoms with van der Waals surface area (Å²) in [5, 5.41) is 6.62. The second-order valence-electron chi connectivity index (χ2n) is 5.21. The third kappa shape index (κ3) is 2.83. The number of fused-ring (bicyclic) bond motifs is 1. The van der Waals surface area contributed by atoms with Gasteiger partial charge in [-0.1, -0.05) is 0 Å². The highest BCUT2D eigenvalue weighted by molar-refractivity contribution is 5.89. The standard InChI is InChI=1S/C17H7F4N4O/c18-8-1-3-12(20)10(5-8)15-11-7-22-17(23-16(11)25-24-15)26-14-4-2-9(19)6-13(14)21/h1-6H,(H,22,23,24,25). The fraction of sp³-hybridized carbons (Fsp3) is 0. The molecule has 0 saturated carbocycles. The molecule has 9 heteroatoms. The molecule has 5 nitrogen and oxygen atoms in total. The van der Waals surface area contributed by atoms with Crippen LogP contribution in [-0.2, 0) is 0 Å². The molecule has 2 aromatic carbocycles. The molecule has 4 rings (SSSR count). The predicted molar refractivity (Wildman–Crippen MR) is 82.3 cm³/mol. The molecule has 0 aliphatic rings. The summed E-state index contributed by atoms with van der Waals surface area (Å²) in [5.41, 5.74) is 0.0991. The van der Waals surface area contributed by atoms with Crippen LogP contribution in [0.4, 0.5) is 17.6 Å². The van der Waals surface area contributed by atoms with E-state index in [0.717, 1.165) is 30.3 Å². The van der Waals surface area contributed by atoms with Crippen LogP contribution >= 0.6 is 0 Å². The molecule has 0 amide bonds. The molecule has 4 aromatic rings. The maximum atomic E-state index is 13.9. The van der Waals surface area contributed by atoms with Crippen LogP contribution in [-0.4, -0.2) is 20.2 Å². The van der Waals surface area contributed by atoms with E-state index in [4.69, 9.17) is 4.74 Å². The molecule has 129 valence electrons. The van der Waals surface area contributed by atoms with Crippen molar-refractivity contribution in [1.29, 1.82) is 0 Å². The summed E-state index contributed by atoms with van der Waals surface area (Å²) in [5.74, 6) is -3.28. The lowest BCUT2D eigenvalue weighted by atomic mass is 10.1. The van der Waals surface area contributed by atoms with Crippen molar-refractivity contribution in [3.05, 3.63) is 65.9 Å². The van der Waals surface area contributed by atoms with Crippen molar-refractivity contribution < 1.29 is 22.3 Å². The van der Waals surface area contributed by atoms with Gasteiger partial charge >= 0.3 is 6.01 Å². The van der Waals surface area contributed by atoms with E-state index in [1.807, 2.05) is 0 Å². The third-order valence-electron chi connectivity index (χ3n) is 3.50. The molecule has 0 atom stereocenters. The Hall–Kier alpha value is -3.49. The zero-order valence-electron chi connectivity index (χ0n) is 12.7. The average molecular weight is 359 g/mol. The van der Waals surface area contributed by atoms with Gasteiger partial charge < -0.3 is 4.74 Å². The molecule has 2 heterocycles. The number of aromatic nitrogens is 4. The number of ether oxygens (including phenoxy) is 1. The van der Waals surface area contributed by atoms with E-state index in [0.29, 0.717) is 6.07 Å². The van der Waals surface area contributed by atoms with Gasteiger partial charge in [-0.15, -0.1) is 0 Å². The number of benzene rings is 2. The fourth-order valence-electron chi connectivity index (χ4n) is 2.32. The Bertz CT molecular complexity index is 1130. The van der Waals surface area contributed by atoms with E-state index < -0.39 is 23.3 Å². The van der Waals surface area contributed by atoms with Gasteiger partial charge in [-0.3, -0.25) is 5.10 Å². The molecule has 0 fully saturated rings. The monoisotopic (exact) mass is 359 g/mol. The molecular weight excluding hydrogens is 352 g/mol. The summed E-state index contributed by atoms with van der Waals surface area (Å²) in [7, 11) is 0. The largest absolute Gasteiger partial charge is 0.421 e. The van der Waals surface area contributed by atoms with Gasteiger partial charge in [0.1, 0.15) is 29.3 Å². The minimum Gasteiger partial charge on any atom is -0.421 e. The Morgan fingerprint density at radius 3 is 2.50 bits per heavy atom. The number of aromatic amines is 1. The molecule has 2 aromatic heterocycles. The number of H-pyrrole nitrogens is 1. The Morgan fingerprint density at radius 2 is 1.69 bits per heavy atom. The highest BCUT2D eigenvalue weighted by Crippen LogP contribution is 2.29. The van der Waals surface area contributed by atoms with Crippen molar-refractivity contribution in [2.45, 2.75) is 0 Å².